The van der Waals surface area contributed by atoms with Crippen LogP contribution < -0.4 is 0 Å². The number of piperidine rings is 1. The first-order valence-corrected chi connectivity index (χ1v) is 8.99. The molecule has 130 valence electrons. The van der Waals surface area contributed by atoms with E-state index in [-0.39, 0.29) is 23.8 Å². The van der Waals surface area contributed by atoms with Crippen molar-refractivity contribution in [3.8, 4) is 0 Å². The third-order valence-corrected chi connectivity index (χ3v) is 4.66. The Labute approximate surface area is 137 Å². The number of likely N-dealkylation sites (tertiary alicyclic amines) is 1. The van der Waals surface area contributed by atoms with Gasteiger partial charge in [0.2, 0.25) is 11.8 Å². The number of carbonyl (C=O) groups is 2. The number of hydrogen-bond acceptors (Lipinski definition) is 2. The van der Waals surface area contributed by atoms with E-state index in [2.05, 4.69) is 25.7 Å². The van der Waals surface area contributed by atoms with Crippen LogP contribution in [0.2, 0.25) is 0 Å². The summed E-state index contributed by atoms with van der Waals surface area (Å²) in [5.41, 5.74) is 0. The summed E-state index contributed by atoms with van der Waals surface area (Å²) >= 11 is 0. The van der Waals surface area contributed by atoms with Crippen LogP contribution in [0.4, 0.5) is 0 Å². The van der Waals surface area contributed by atoms with Gasteiger partial charge in [0.05, 0.1) is 0 Å². The summed E-state index contributed by atoms with van der Waals surface area (Å²) in [6.45, 7) is 15.5. The first kappa shape index (κ1) is 20.9. The van der Waals surface area contributed by atoms with Crippen LogP contribution in [-0.2, 0) is 9.59 Å². The molecule has 1 fully saturated rings. The first-order valence-electron chi connectivity index (χ1n) is 8.99. The van der Waals surface area contributed by atoms with Crippen LogP contribution in [0.3, 0.4) is 0 Å². The summed E-state index contributed by atoms with van der Waals surface area (Å²) in [6.07, 6.45) is 3.69. The van der Waals surface area contributed by atoms with E-state index in [4.69, 9.17) is 0 Å². The molecule has 1 aliphatic heterocycles. The average molecular weight is 312 g/mol. The zero-order valence-electron chi connectivity index (χ0n) is 15.7. The fourth-order valence-corrected chi connectivity index (χ4v) is 2.84. The van der Waals surface area contributed by atoms with Crippen LogP contribution in [0, 0.1) is 5.92 Å². The van der Waals surface area contributed by atoms with Gasteiger partial charge in [-0.2, -0.15) is 0 Å². The SMILES string of the molecule is CC.CCC(C)C(=O)N(C(C)CC)C1CCN(C(C)=O)CC1. The maximum atomic E-state index is 12.6. The second-order valence-corrected chi connectivity index (χ2v) is 6.05. The van der Waals surface area contributed by atoms with Gasteiger partial charge in [-0.1, -0.05) is 34.6 Å². The molecule has 2 atom stereocenters. The van der Waals surface area contributed by atoms with Crippen LogP contribution in [0.5, 0.6) is 0 Å². The van der Waals surface area contributed by atoms with Crippen LogP contribution in [-0.4, -0.2) is 46.8 Å². The highest BCUT2D eigenvalue weighted by Crippen LogP contribution is 2.23. The molecule has 0 N–H and O–H groups in total. The normalized spacial score (nSPS) is 18.0. The smallest absolute Gasteiger partial charge is 0.225 e. The third-order valence-electron chi connectivity index (χ3n) is 4.66. The van der Waals surface area contributed by atoms with Crippen molar-refractivity contribution in [1.29, 1.82) is 0 Å². The topological polar surface area (TPSA) is 40.6 Å². The van der Waals surface area contributed by atoms with Gasteiger partial charge in [0.15, 0.2) is 0 Å². The lowest BCUT2D eigenvalue weighted by atomic mass is 9.97. The highest BCUT2D eigenvalue weighted by atomic mass is 16.2. The summed E-state index contributed by atoms with van der Waals surface area (Å²) in [6, 6.07) is 0.576. The van der Waals surface area contributed by atoms with E-state index in [0.29, 0.717) is 6.04 Å². The molecular formula is C18H36N2O2. The van der Waals surface area contributed by atoms with Crippen LogP contribution in [0.15, 0.2) is 0 Å². The molecule has 0 spiro atoms. The Balaban J connectivity index is 0.00000211. The van der Waals surface area contributed by atoms with Crippen molar-refractivity contribution in [3.05, 3.63) is 0 Å². The molecule has 2 amide bonds. The molecule has 0 bridgehead atoms. The van der Waals surface area contributed by atoms with Gasteiger partial charge in [0, 0.05) is 38.0 Å². The molecule has 1 heterocycles. The molecule has 0 radical (unpaired) electrons. The lowest BCUT2D eigenvalue weighted by molar-refractivity contribution is -0.142. The van der Waals surface area contributed by atoms with Crippen LogP contribution in [0.1, 0.15) is 74.1 Å². The molecule has 1 saturated heterocycles. The molecule has 0 aromatic heterocycles. The Morgan fingerprint density at radius 2 is 1.59 bits per heavy atom. The van der Waals surface area contributed by atoms with Crippen LogP contribution in [0.25, 0.3) is 0 Å². The van der Waals surface area contributed by atoms with E-state index in [9.17, 15) is 9.59 Å². The van der Waals surface area contributed by atoms with E-state index in [0.717, 1.165) is 38.8 Å². The molecule has 2 unspecified atom stereocenters. The summed E-state index contributed by atoms with van der Waals surface area (Å²) in [5, 5.41) is 0. The minimum Gasteiger partial charge on any atom is -0.343 e. The van der Waals surface area contributed by atoms with Gasteiger partial charge in [-0.15, -0.1) is 0 Å². The highest BCUT2D eigenvalue weighted by Gasteiger charge is 2.32. The number of carbonyl (C=O) groups excluding carboxylic acids is 2. The van der Waals surface area contributed by atoms with Gasteiger partial charge < -0.3 is 9.80 Å². The Hall–Kier alpha value is -1.06. The molecule has 4 heteroatoms. The molecule has 1 aliphatic rings. The lowest BCUT2D eigenvalue weighted by Crippen LogP contribution is -2.52. The minimum absolute atomic E-state index is 0.0924. The maximum Gasteiger partial charge on any atom is 0.225 e. The van der Waals surface area contributed by atoms with Gasteiger partial charge in [-0.05, 0) is 32.6 Å². The standard InChI is InChI=1S/C16H30N2O2.C2H6/c1-6-12(3)16(20)18(13(4)7-2)15-8-10-17(11-9-15)14(5)19;1-2/h12-13,15H,6-11H2,1-5H3;1-2H3. The molecule has 4 nitrogen and oxygen atoms in total. The van der Waals surface area contributed by atoms with E-state index in [1.54, 1.807) is 6.92 Å². The second kappa shape index (κ2) is 10.6. The zero-order chi connectivity index (χ0) is 17.3. The average Bonchev–Trinajstić information content (AvgIpc) is 2.56. The predicted molar refractivity (Wildman–Crippen MR) is 92.7 cm³/mol. The number of hydrogen-bond donors (Lipinski definition) is 0. The molecule has 0 aromatic rings. The lowest BCUT2D eigenvalue weighted by Gasteiger charge is -2.42. The predicted octanol–water partition coefficient (Wildman–Crippen LogP) is 3.70. The fraction of sp³-hybridized carbons (Fsp3) is 0.889. The van der Waals surface area contributed by atoms with Crippen molar-refractivity contribution in [1.82, 2.24) is 9.80 Å². The number of amides is 2. The van der Waals surface area contributed by atoms with E-state index >= 15 is 0 Å². The molecule has 0 saturated carbocycles. The second-order valence-electron chi connectivity index (χ2n) is 6.05. The molecular weight excluding hydrogens is 276 g/mol. The van der Waals surface area contributed by atoms with Crippen molar-refractivity contribution in [2.75, 3.05) is 13.1 Å². The quantitative estimate of drug-likeness (QED) is 0.776. The zero-order valence-corrected chi connectivity index (χ0v) is 15.7. The largest absolute Gasteiger partial charge is 0.343 e. The Morgan fingerprint density at radius 1 is 1.09 bits per heavy atom. The van der Waals surface area contributed by atoms with Crippen molar-refractivity contribution in [2.45, 2.75) is 86.2 Å². The van der Waals surface area contributed by atoms with Gasteiger partial charge in [-0.25, -0.2) is 0 Å². The first-order chi connectivity index (χ1) is 10.4. The van der Waals surface area contributed by atoms with Gasteiger partial charge >= 0.3 is 0 Å². The van der Waals surface area contributed by atoms with Gasteiger partial charge in [-0.3, -0.25) is 9.59 Å². The number of rotatable bonds is 5. The summed E-state index contributed by atoms with van der Waals surface area (Å²) in [7, 11) is 0. The number of nitrogens with zero attached hydrogens (tertiary/aromatic N) is 2. The molecule has 0 aromatic carbocycles. The van der Waals surface area contributed by atoms with Gasteiger partial charge in [0.25, 0.3) is 0 Å². The summed E-state index contributed by atoms with van der Waals surface area (Å²) in [5.74, 6) is 0.518. The molecule has 0 aliphatic carbocycles. The van der Waals surface area contributed by atoms with Crippen molar-refractivity contribution >= 4 is 11.8 Å². The summed E-state index contributed by atoms with van der Waals surface area (Å²) in [4.78, 5) is 28.0. The van der Waals surface area contributed by atoms with Crippen LogP contribution >= 0.6 is 0 Å². The third kappa shape index (κ3) is 5.62. The van der Waals surface area contributed by atoms with Crippen molar-refractivity contribution in [3.63, 3.8) is 0 Å². The highest BCUT2D eigenvalue weighted by molar-refractivity contribution is 5.79. The summed E-state index contributed by atoms with van der Waals surface area (Å²) < 4.78 is 0. The van der Waals surface area contributed by atoms with E-state index in [1.165, 1.54) is 0 Å². The fourth-order valence-electron chi connectivity index (χ4n) is 2.84. The van der Waals surface area contributed by atoms with Gasteiger partial charge in [0.1, 0.15) is 0 Å². The van der Waals surface area contributed by atoms with E-state index < -0.39 is 0 Å². The minimum atomic E-state index is 0.0924. The Morgan fingerprint density at radius 3 is 1.95 bits per heavy atom. The van der Waals surface area contributed by atoms with E-state index in [1.807, 2.05) is 25.7 Å². The Kier molecular flexibility index (Phi) is 10.1. The van der Waals surface area contributed by atoms with Crippen molar-refractivity contribution in [2.24, 2.45) is 5.92 Å². The monoisotopic (exact) mass is 312 g/mol. The van der Waals surface area contributed by atoms with Crippen molar-refractivity contribution < 1.29 is 9.59 Å². The Bertz CT molecular complexity index is 336. The molecule has 1 rings (SSSR count). The maximum absolute atomic E-state index is 12.6. The molecule has 22 heavy (non-hydrogen) atoms.